The molecule has 0 aromatic rings. The third-order valence-electron chi connectivity index (χ3n) is 0.842. The van der Waals surface area contributed by atoms with Gasteiger partial charge in [-0.3, -0.25) is 5.01 Å². The Morgan fingerprint density at radius 2 is 2.56 bits per heavy atom. The molecule has 0 spiro atoms. The number of carbonyl (C=O) groups excluding carboxylic acids is 1. The van der Waals surface area contributed by atoms with Crippen LogP contribution in [0.2, 0.25) is 0 Å². The third-order valence-corrected chi connectivity index (χ3v) is 2.08. The van der Waals surface area contributed by atoms with Crippen LogP contribution in [0.25, 0.3) is 0 Å². The van der Waals surface area contributed by atoms with Gasteiger partial charge >= 0.3 is 5.30 Å². The zero-order chi connectivity index (χ0) is 6.85. The van der Waals surface area contributed by atoms with E-state index in [2.05, 4.69) is 4.83 Å². The van der Waals surface area contributed by atoms with Crippen LogP contribution in [0.1, 0.15) is 0 Å². The van der Waals surface area contributed by atoms with Gasteiger partial charge in [-0.25, -0.2) is 0 Å². The Morgan fingerprint density at radius 1 is 1.89 bits per heavy atom. The lowest BCUT2D eigenvalue weighted by Gasteiger charge is -2.03. The van der Waals surface area contributed by atoms with Crippen molar-refractivity contribution in [3.63, 3.8) is 0 Å². The SMILES string of the molecule is CN1C=C[S+](C(=O)[O-])N1. The summed E-state index contributed by atoms with van der Waals surface area (Å²) in [6, 6.07) is 0. The second-order valence-corrected chi connectivity index (χ2v) is 3.04. The molecule has 0 radical (unpaired) electrons. The Hall–Kier alpha value is -0.680. The van der Waals surface area contributed by atoms with Crippen LogP contribution in [0.5, 0.6) is 0 Å². The molecule has 0 amide bonds. The highest BCUT2D eigenvalue weighted by Gasteiger charge is 2.24. The van der Waals surface area contributed by atoms with E-state index in [1.54, 1.807) is 23.7 Å². The first-order chi connectivity index (χ1) is 4.20. The quantitative estimate of drug-likeness (QED) is 0.435. The Morgan fingerprint density at radius 3 is 2.78 bits per heavy atom. The second kappa shape index (κ2) is 2.28. The molecule has 4 nitrogen and oxygen atoms in total. The molecule has 0 saturated carbocycles. The molecule has 1 atom stereocenters. The number of rotatable bonds is 0. The van der Waals surface area contributed by atoms with Gasteiger partial charge in [0.15, 0.2) is 16.5 Å². The smallest absolute Gasteiger partial charge is 0.302 e. The molecule has 1 unspecified atom stereocenters. The Balaban J connectivity index is 2.50. The summed E-state index contributed by atoms with van der Waals surface area (Å²) in [5.41, 5.74) is 0. The molecule has 1 heterocycles. The number of hydrogen-bond donors (Lipinski definition) is 1. The molecule has 0 aromatic carbocycles. The summed E-state index contributed by atoms with van der Waals surface area (Å²) in [5, 5.41) is 12.2. The highest BCUT2D eigenvalue weighted by atomic mass is 32.2. The fourth-order valence-electron chi connectivity index (χ4n) is 0.461. The minimum Gasteiger partial charge on any atom is -0.502 e. The van der Waals surface area contributed by atoms with Crippen molar-refractivity contribution in [2.45, 2.75) is 0 Å². The van der Waals surface area contributed by atoms with Crippen molar-refractivity contribution in [1.29, 1.82) is 0 Å². The van der Waals surface area contributed by atoms with Crippen molar-refractivity contribution < 1.29 is 9.90 Å². The Labute approximate surface area is 55.6 Å². The van der Waals surface area contributed by atoms with E-state index in [1.807, 2.05) is 0 Å². The monoisotopic (exact) mass is 146 g/mol. The zero-order valence-electron chi connectivity index (χ0n) is 4.83. The summed E-state index contributed by atoms with van der Waals surface area (Å²) in [6.07, 6.45) is 1.65. The number of nitrogens with zero attached hydrogens (tertiary/aromatic N) is 1. The van der Waals surface area contributed by atoms with Crippen LogP contribution in [-0.2, 0) is 11.1 Å². The summed E-state index contributed by atoms with van der Waals surface area (Å²) in [6.45, 7) is 0. The van der Waals surface area contributed by atoms with Gasteiger partial charge in [-0.2, -0.15) is 0 Å². The maximum absolute atomic E-state index is 10.1. The number of carbonyl (C=O) groups is 1. The van der Waals surface area contributed by atoms with Crippen molar-refractivity contribution in [2.24, 2.45) is 0 Å². The van der Waals surface area contributed by atoms with Crippen molar-refractivity contribution >= 4 is 16.4 Å². The van der Waals surface area contributed by atoms with Gasteiger partial charge in [0.25, 0.3) is 0 Å². The van der Waals surface area contributed by atoms with E-state index >= 15 is 0 Å². The minimum absolute atomic E-state index is 0.908. The van der Waals surface area contributed by atoms with Crippen LogP contribution >= 0.6 is 0 Å². The standard InChI is InChI=1S/C4H6N2O2S/c1-6-2-3-9(5-6)4(7)8/h2-3,5H,1H3. The van der Waals surface area contributed by atoms with Gasteiger partial charge in [-0.1, -0.05) is 0 Å². The lowest BCUT2D eigenvalue weighted by Crippen LogP contribution is -2.39. The van der Waals surface area contributed by atoms with E-state index in [4.69, 9.17) is 0 Å². The summed E-state index contributed by atoms with van der Waals surface area (Å²) in [7, 11) is 1.73. The van der Waals surface area contributed by atoms with Crippen molar-refractivity contribution in [3.05, 3.63) is 11.6 Å². The molecular formula is C4H6N2O2S. The molecule has 50 valence electrons. The lowest BCUT2D eigenvalue weighted by atomic mass is 11.0. The van der Waals surface area contributed by atoms with Gasteiger partial charge < -0.3 is 9.90 Å². The average Bonchev–Trinajstić information content (AvgIpc) is 2.14. The number of nitrogens with one attached hydrogen (secondary N) is 1. The maximum Gasteiger partial charge on any atom is 0.302 e. The van der Waals surface area contributed by atoms with E-state index < -0.39 is 16.4 Å². The number of hydrogen-bond acceptors (Lipinski definition) is 4. The Bertz CT molecular complexity index is 159. The van der Waals surface area contributed by atoms with Crippen LogP contribution in [0.15, 0.2) is 11.6 Å². The molecule has 0 aromatic heterocycles. The molecule has 0 fully saturated rings. The zero-order valence-corrected chi connectivity index (χ0v) is 5.64. The van der Waals surface area contributed by atoms with Crippen molar-refractivity contribution in [2.75, 3.05) is 7.05 Å². The normalized spacial score (nSPS) is 25.0. The van der Waals surface area contributed by atoms with Crippen molar-refractivity contribution in [3.8, 4) is 0 Å². The maximum atomic E-state index is 10.1. The lowest BCUT2D eigenvalue weighted by molar-refractivity contribution is -0.233. The summed E-state index contributed by atoms with van der Waals surface area (Å²) >= 11 is -0.908. The fourth-order valence-corrected chi connectivity index (χ4v) is 1.38. The minimum atomic E-state index is -1.07. The molecule has 1 aliphatic rings. The Kier molecular flexibility index (Phi) is 1.63. The van der Waals surface area contributed by atoms with Crippen LogP contribution in [0.4, 0.5) is 4.79 Å². The molecule has 1 aliphatic heterocycles. The first kappa shape index (κ1) is 6.44. The van der Waals surface area contributed by atoms with Gasteiger partial charge in [0.05, 0.1) is 6.20 Å². The topological polar surface area (TPSA) is 55.4 Å². The van der Waals surface area contributed by atoms with Gasteiger partial charge in [0.1, 0.15) is 0 Å². The average molecular weight is 146 g/mol. The van der Waals surface area contributed by atoms with Gasteiger partial charge in [0, 0.05) is 7.05 Å². The largest absolute Gasteiger partial charge is 0.502 e. The third kappa shape index (κ3) is 1.36. The van der Waals surface area contributed by atoms with Gasteiger partial charge in [-0.05, 0) is 4.83 Å². The van der Waals surface area contributed by atoms with Gasteiger partial charge in [0.2, 0.25) is 0 Å². The van der Waals surface area contributed by atoms with Crippen LogP contribution in [0, 0.1) is 0 Å². The number of hydrazine groups is 1. The molecule has 5 heteroatoms. The van der Waals surface area contributed by atoms with E-state index in [-0.39, 0.29) is 0 Å². The van der Waals surface area contributed by atoms with E-state index in [1.165, 1.54) is 0 Å². The van der Waals surface area contributed by atoms with E-state index in [9.17, 15) is 9.90 Å². The van der Waals surface area contributed by atoms with Gasteiger partial charge in [-0.15, -0.1) is 0 Å². The fraction of sp³-hybridized carbons (Fsp3) is 0.250. The molecular weight excluding hydrogens is 140 g/mol. The van der Waals surface area contributed by atoms with E-state index in [0.717, 1.165) is 0 Å². The second-order valence-electron chi connectivity index (χ2n) is 1.58. The molecule has 1 rings (SSSR count). The van der Waals surface area contributed by atoms with Crippen LogP contribution < -0.4 is 9.94 Å². The van der Waals surface area contributed by atoms with Crippen molar-refractivity contribution in [1.82, 2.24) is 9.84 Å². The summed E-state index contributed by atoms with van der Waals surface area (Å²) < 4.78 is 0. The van der Waals surface area contributed by atoms with E-state index in [0.29, 0.717) is 0 Å². The summed E-state index contributed by atoms with van der Waals surface area (Å²) in [5.74, 6) is 0. The highest BCUT2D eigenvalue weighted by Crippen LogP contribution is 2.02. The molecule has 0 aliphatic carbocycles. The van der Waals surface area contributed by atoms with Crippen LogP contribution in [0.3, 0.4) is 0 Å². The highest BCUT2D eigenvalue weighted by molar-refractivity contribution is 8.11. The predicted molar refractivity (Wildman–Crippen MR) is 32.8 cm³/mol. The summed E-state index contributed by atoms with van der Waals surface area (Å²) in [4.78, 5) is 12.7. The number of carboxylic acid groups (broad SMARTS) is 1. The molecule has 9 heavy (non-hydrogen) atoms. The molecule has 0 saturated heterocycles. The first-order valence-electron chi connectivity index (χ1n) is 2.31. The predicted octanol–water partition coefficient (Wildman–Crippen LogP) is -1.22. The molecule has 0 bridgehead atoms. The van der Waals surface area contributed by atoms with Crippen LogP contribution in [-0.4, -0.2) is 17.4 Å². The first-order valence-corrected chi connectivity index (χ1v) is 3.60. The molecule has 1 N–H and O–H groups in total.